The molecule has 1 amide bonds. The standard InChI is InChI=1S/C15H21NO3/c17-10-7-12-5-8-16(9-6-12)15(19)14-4-2-1-3-13(14)11-18/h1-4,12,17-18H,5-11H2. The van der Waals surface area contributed by atoms with Crippen LogP contribution in [0.5, 0.6) is 0 Å². The zero-order valence-electron chi connectivity index (χ0n) is 11.1. The Morgan fingerprint density at radius 2 is 1.89 bits per heavy atom. The summed E-state index contributed by atoms with van der Waals surface area (Å²) in [6, 6.07) is 7.21. The van der Waals surface area contributed by atoms with Gasteiger partial charge in [-0.05, 0) is 36.8 Å². The van der Waals surface area contributed by atoms with Crippen LogP contribution < -0.4 is 0 Å². The minimum Gasteiger partial charge on any atom is -0.396 e. The van der Waals surface area contributed by atoms with Gasteiger partial charge in [0.25, 0.3) is 5.91 Å². The number of benzene rings is 1. The maximum Gasteiger partial charge on any atom is 0.254 e. The number of hydrogen-bond acceptors (Lipinski definition) is 3. The first kappa shape index (κ1) is 14.0. The minimum absolute atomic E-state index is 0.00657. The second-order valence-electron chi connectivity index (χ2n) is 5.06. The van der Waals surface area contributed by atoms with Crippen LogP contribution in [0.1, 0.15) is 35.2 Å². The molecule has 1 aliphatic rings. The Morgan fingerprint density at radius 1 is 1.21 bits per heavy atom. The van der Waals surface area contributed by atoms with Crippen LogP contribution in [0.3, 0.4) is 0 Å². The van der Waals surface area contributed by atoms with Crippen molar-refractivity contribution in [1.82, 2.24) is 4.90 Å². The molecule has 0 atom stereocenters. The first-order valence-electron chi connectivity index (χ1n) is 6.85. The van der Waals surface area contributed by atoms with Crippen molar-refractivity contribution in [1.29, 1.82) is 0 Å². The predicted octanol–water partition coefficient (Wildman–Crippen LogP) is 1.41. The molecular weight excluding hydrogens is 242 g/mol. The van der Waals surface area contributed by atoms with Gasteiger partial charge in [0.15, 0.2) is 0 Å². The van der Waals surface area contributed by atoms with Crippen molar-refractivity contribution in [3.05, 3.63) is 35.4 Å². The number of hydrogen-bond donors (Lipinski definition) is 2. The topological polar surface area (TPSA) is 60.8 Å². The van der Waals surface area contributed by atoms with Crippen LogP contribution in [-0.4, -0.2) is 40.7 Å². The van der Waals surface area contributed by atoms with Crippen LogP contribution in [0.15, 0.2) is 24.3 Å². The van der Waals surface area contributed by atoms with Crippen molar-refractivity contribution in [3.8, 4) is 0 Å². The van der Waals surface area contributed by atoms with Gasteiger partial charge in [-0.3, -0.25) is 4.79 Å². The predicted molar refractivity (Wildman–Crippen MR) is 72.7 cm³/mol. The number of amides is 1. The smallest absolute Gasteiger partial charge is 0.254 e. The van der Waals surface area contributed by atoms with Gasteiger partial charge in [0.1, 0.15) is 0 Å². The molecule has 0 aromatic heterocycles. The molecule has 0 radical (unpaired) electrons. The lowest BCUT2D eigenvalue weighted by atomic mass is 9.93. The Bertz CT molecular complexity index is 425. The molecule has 2 rings (SSSR count). The molecule has 1 aliphatic heterocycles. The third-order valence-corrected chi connectivity index (χ3v) is 3.86. The number of carbonyl (C=O) groups excluding carboxylic acids is 1. The molecule has 104 valence electrons. The van der Waals surface area contributed by atoms with Crippen LogP contribution in [0.4, 0.5) is 0 Å². The zero-order chi connectivity index (χ0) is 13.7. The highest BCUT2D eigenvalue weighted by atomic mass is 16.3. The molecule has 4 nitrogen and oxygen atoms in total. The zero-order valence-corrected chi connectivity index (χ0v) is 11.1. The average molecular weight is 263 g/mol. The molecule has 4 heteroatoms. The molecule has 0 bridgehead atoms. The third-order valence-electron chi connectivity index (χ3n) is 3.86. The Kier molecular flexibility index (Phi) is 4.93. The maximum atomic E-state index is 12.4. The maximum absolute atomic E-state index is 12.4. The van der Waals surface area contributed by atoms with E-state index < -0.39 is 0 Å². The third kappa shape index (κ3) is 3.33. The van der Waals surface area contributed by atoms with E-state index in [4.69, 9.17) is 5.11 Å². The number of piperidine rings is 1. The molecule has 2 N–H and O–H groups in total. The van der Waals surface area contributed by atoms with Crippen LogP contribution in [0, 0.1) is 5.92 Å². The van der Waals surface area contributed by atoms with Gasteiger partial charge >= 0.3 is 0 Å². The van der Waals surface area contributed by atoms with Crippen LogP contribution in [0.2, 0.25) is 0 Å². The fourth-order valence-electron chi connectivity index (χ4n) is 2.64. The van der Waals surface area contributed by atoms with Crippen molar-refractivity contribution in [3.63, 3.8) is 0 Å². The van der Waals surface area contributed by atoms with E-state index in [2.05, 4.69) is 0 Å². The summed E-state index contributed by atoms with van der Waals surface area (Å²) in [6.07, 6.45) is 2.73. The van der Waals surface area contributed by atoms with E-state index in [1.807, 2.05) is 17.0 Å². The number of aliphatic hydroxyl groups excluding tert-OH is 2. The normalized spacial score (nSPS) is 16.6. The van der Waals surface area contributed by atoms with E-state index >= 15 is 0 Å². The summed E-state index contributed by atoms with van der Waals surface area (Å²) in [5.41, 5.74) is 1.29. The molecular formula is C15H21NO3. The molecule has 1 heterocycles. The van der Waals surface area contributed by atoms with Gasteiger partial charge < -0.3 is 15.1 Å². The van der Waals surface area contributed by atoms with Crippen molar-refractivity contribution >= 4 is 5.91 Å². The number of nitrogens with zero attached hydrogens (tertiary/aromatic N) is 1. The van der Waals surface area contributed by atoms with E-state index in [1.54, 1.807) is 12.1 Å². The van der Waals surface area contributed by atoms with E-state index in [0.29, 0.717) is 17.0 Å². The number of rotatable bonds is 4. The van der Waals surface area contributed by atoms with Crippen LogP contribution in [-0.2, 0) is 6.61 Å². The van der Waals surface area contributed by atoms with Crippen LogP contribution >= 0.6 is 0 Å². The van der Waals surface area contributed by atoms with Crippen molar-refractivity contribution in [2.24, 2.45) is 5.92 Å². The molecule has 0 spiro atoms. The Balaban J connectivity index is 2.01. The Morgan fingerprint density at radius 3 is 2.53 bits per heavy atom. The number of likely N-dealkylation sites (tertiary alicyclic amines) is 1. The molecule has 1 saturated heterocycles. The van der Waals surface area contributed by atoms with E-state index in [1.165, 1.54) is 0 Å². The lowest BCUT2D eigenvalue weighted by molar-refractivity contribution is 0.0675. The summed E-state index contributed by atoms with van der Waals surface area (Å²) >= 11 is 0. The molecule has 0 unspecified atom stereocenters. The first-order valence-corrected chi connectivity index (χ1v) is 6.85. The van der Waals surface area contributed by atoms with E-state index in [-0.39, 0.29) is 19.1 Å². The van der Waals surface area contributed by atoms with E-state index in [9.17, 15) is 9.90 Å². The molecule has 1 fully saturated rings. The van der Waals surface area contributed by atoms with Gasteiger partial charge in [0, 0.05) is 25.3 Å². The highest BCUT2D eigenvalue weighted by molar-refractivity contribution is 5.95. The van der Waals surface area contributed by atoms with Gasteiger partial charge in [-0.25, -0.2) is 0 Å². The van der Waals surface area contributed by atoms with Gasteiger partial charge in [0.2, 0.25) is 0 Å². The SMILES string of the molecule is O=C(c1ccccc1CO)N1CCC(CCO)CC1. The Hall–Kier alpha value is -1.39. The van der Waals surface area contributed by atoms with E-state index in [0.717, 1.165) is 32.4 Å². The summed E-state index contributed by atoms with van der Waals surface area (Å²) in [5, 5.41) is 18.2. The highest BCUT2D eigenvalue weighted by Gasteiger charge is 2.24. The quantitative estimate of drug-likeness (QED) is 0.863. The molecule has 1 aromatic rings. The molecule has 0 saturated carbocycles. The molecule has 0 aliphatic carbocycles. The fraction of sp³-hybridized carbons (Fsp3) is 0.533. The Labute approximate surface area is 113 Å². The van der Waals surface area contributed by atoms with Gasteiger partial charge in [-0.1, -0.05) is 18.2 Å². The fourth-order valence-corrected chi connectivity index (χ4v) is 2.64. The highest BCUT2D eigenvalue weighted by Crippen LogP contribution is 2.22. The molecule has 1 aromatic carbocycles. The first-order chi connectivity index (χ1) is 9.26. The van der Waals surface area contributed by atoms with Crippen molar-refractivity contribution in [2.45, 2.75) is 25.9 Å². The molecule has 19 heavy (non-hydrogen) atoms. The lowest BCUT2D eigenvalue weighted by Gasteiger charge is -2.32. The largest absolute Gasteiger partial charge is 0.396 e. The van der Waals surface area contributed by atoms with Crippen LogP contribution in [0.25, 0.3) is 0 Å². The summed E-state index contributed by atoms with van der Waals surface area (Å²) in [5.74, 6) is 0.536. The summed E-state index contributed by atoms with van der Waals surface area (Å²) in [6.45, 7) is 1.60. The number of carbonyl (C=O) groups is 1. The second-order valence-corrected chi connectivity index (χ2v) is 5.06. The van der Waals surface area contributed by atoms with Crippen molar-refractivity contribution < 1.29 is 15.0 Å². The van der Waals surface area contributed by atoms with Gasteiger partial charge in [-0.15, -0.1) is 0 Å². The lowest BCUT2D eigenvalue weighted by Crippen LogP contribution is -2.39. The van der Waals surface area contributed by atoms with Gasteiger partial charge in [0.05, 0.1) is 6.61 Å². The summed E-state index contributed by atoms with van der Waals surface area (Å²) < 4.78 is 0. The summed E-state index contributed by atoms with van der Waals surface area (Å²) in [7, 11) is 0. The average Bonchev–Trinajstić information content (AvgIpc) is 2.47. The van der Waals surface area contributed by atoms with Crippen molar-refractivity contribution in [2.75, 3.05) is 19.7 Å². The minimum atomic E-state index is -0.108. The summed E-state index contributed by atoms with van der Waals surface area (Å²) in [4.78, 5) is 14.3. The monoisotopic (exact) mass is 263 g/mol. The number of aliphatic hydroxyl groups is 2. The van der Waals surface area contributed by atoms with Gasteiger partial charge in [-0.2, -0.15) is 0 Å². The second kappa shape index (κ2) is 6.68.